The first-order valence-electron chi connectivity index (χ1n) is 7.69. The maximum atomic E-state index is 11.8. The van der Waals surface area contributed by atoms with Crippen LogP contribution in [0.25, 0.3) is 0 Å². The third kappa shape index (κ3) is 5.64. The molecule has 2 aromatic carbocycles. The number of carbonyl (C=O) groups is 2. The Bertz CT molecular complexity index is 682. The van der Waals surface area contributed by atoms with Gasteiger partial charge in [-0.3, -0.25) is 10.1 Å². The maximum Gasteiger partial charge on any atom is 0.321 e. The summed E-state index contributed by atoms with van der Waals surface area (Å²) in [5, 5.41) is 4.87. The van der Waals surface area contributed by atoms with E-state index in [1.165, 1.54) is 5.56 Å². The molecular weight excluding hydrogens is 306 g/mol. The quantitative estimate of drug-likeness (QED) is 0.561. The van der Waals surface area contributed by atoms with Gasteiger partial charge in [-0.1, -0.05) is 17.7 Å². The number of amides is 3. The highest BCUT2D eigenvalue weighted by atomic mass is 16.5. The summed E-state index contributed by atoms with van der Waals surface area (Å²) >= 11 is 0. The van der Waals surface area contributed by atoms with Crippen molar-refractivity contribution in [2.75, 3.05) is 18.9 Å². The van der Waals surface area contributed by atoms with Crippen molar-refractivity contribution in [2.45, 2.75) is 13.3 Å². The number of nitrogens with one attached hydrogen (secondary N) is 2. The van der Waals surface area contributed by atoms with E-state index in [1.54, 1.807) is 24.3 Å². The number of rotatable bonds is 6. The molecule has 0 saturated heterocycles. The predicted molar refractivity (Wildman–Crippen MR) is 93.0 cm³/mol. The minimum Gasteiger partial charge on any atom is -0.494 e. The van der Waals surface area contributed by atoms with Gasteiger partial charge in [-0.25, -0.2) is 4.79 Å². The van der Waals surface area contributed by atoms with Crippen LogP contribution in [-0.2, 0) is 0 Å². The first kappa shape index (κ1) is 17.3. The molecule has 0 saturated carbocycles. The van der Waals surface area contributed by atoms with Gasteiger partial charge in [0.1, 0.15) is 5.75 Å². The highest BCUT2D eigenvalue weighted by Crippen LogP contribution is 2.11. The van der Waals surface area contributed by atoms with Crippen LogP contribution in [0.3, 0.4) is 0 Å². The second-order valence-electron chi connectivity index (χ2n) is 5.35. The van der Waals surface area contributed by atoms with Crippen molar-refractivity contribution in [2.24, 2.45) is 0 Å². The number of nitrogen functional groups attached to an aromatic ring is 1. The van der Waals surface area contributed by atoms with Gasteiger partial charge in [-0.15, -0.1) is 0 Å². The lowest BCUT2D eigenvalue weighted by molar-refractivity contribution is 0.0964. The molecule has 0 atom stereocenters. The van der Waals surface area contributed by atoms with Gasteiger partial charge < -0.3 is 15.8 Å². The summed E-state index contributed by atoms with van der Waals surface area (Å²) < 4.78 is 5.55. The van der Waals surface area contributed by atoms with E-state index in [0.29, 0.717) is 30.8 Å². The predicted octanol–water partition coefficient (Wildman–Crippen LogP) is 2.49. The van der Waals surface area contributed by atoms with Crippen molar-refractivity contribution in [3.8, 4) is 5.75 Å². The molecule has 24 heavy (non-hydrogen) atoms. The SMILES string of the molecule is Cc1ccc(OCCCNC(=O)NC(=O)c2ccc(N)cc2)cc1. The van der Waals surface area contributed by atoms with Crippen molar-refractivity contribution in [1.82, 2.24) is 10.6 Å². The van der Waals surface area contributed by atoms with Crippen LogP contribution in [0.2, 0.25) is 0 Å². The van der Waals surface area contributed by atoms with Crippen LogP contribution in [0, 0.1) is 6.92 Å². The Hall–Kier alpha value is -3.02. The van der Waals surface area contributed by atoms with Crippen LogP contribution < -0.4 is 21.1 Å². The summed E-state index contributed by atoms with van der Waals surface area (Å²) in [7, 11) is 0. The van der Waals surface area contributed by atoms with E-state index in [9.17, 15) is 9.59 Å². The zero-order valence-corrected chi connectivity index (χ0v) is 13.5. The number of hydrogen-bond donors (Lipinski definition) is 3. The van der Waals surface area contributed by atoms with Crippen LogP contribution in [0.15, 0.2) is 48.5 Å². The van der Waals surface area contributed by atoms with Crippen molar-refractivity contribution in [3.05, 3.63) is 59.7 Å². The third-order valence-corrected chi connectivity index (χ3v) is 3.30. The minimum atomic E-state index is -0.535. The first-order valence-corrected chi connectivity index (χ1v) is 7.69. The largest absolute Gasteiger partial charge is 0.494 e. The zero-order valence-electron chi connectivity index (χ0n) is 13.5. The number of carbonyl (C=O) groups excluding carboxylic acids is 2. The van der Waals surface area contributed by atoms with E-state index in [2.05, 4.69) is 10.6 Å². The highest BCUT2D eigenvalue weighted by molar-refractivity contribution is 6.04. The molecule has 0 heterocycles. The number of nitrogens with two attached hydrogens (primary N) is 1. The number of anilines is 1. The summed E-state index contributed by atoms with van der Waals surface area (Å²) in [6.07, 6.45) is 0.636. The molecule has 4 N–H and O–H groups in total. The summed E-state index contributed by atoms with van der Waals surface area (Å²) in [5.74, 6) is 0.326. The van der Waals surface area contributed by atoms with E-state index in [1.807, 2.05) is 31.2 Å². The fraction of sp³-hybridized carbons (Fsp3) is 0.222. The fourth-order valence-corrected chi connectivity index (χ4v) is 1.95. The topological polar surface area (TPSA) is 93.5 Å². The van der Waals surface area contributed by atoms with Crippen LogP contribution in [0.1, 0.15) is 22.3 Å². The van der Waals surface area contributed by atoms with Gasteiger partial charge in [-0.2, -0.15) is 0 Å². The van der Waals surface area contributed by atoms with E-state index in [-0.39, 0.29) is 0 Å². The van der Waals surface area contributed by atoms with E-state index >= 15 is 0 Å². The molecule has 0 aromatic heterocycles. The Morgan fingerprint density at radius 1 is 1.04 bits per heavy atom. The Labute approximate surface area is 141 Å². The lowest BCUT2D eigenvalue weighted by Gasteiger charge is -2.08. The van der Waals surface area contributed by atoms with Gasteiger partial charge in [0.2, 0.25) is 0 Å². The summed E-state index contributed by atoms with van der Waals surface area (Å²) in [5.41, 5.74) is 7.66. The standard InChI is InChI=1S/C18H21N3O3/c1-13-3-9-16(10-4-13)24-12-2-11-20-18(23)21-17(22)14-5-7-15(19)8-6-14/h3-10H,2,11-12,19H2,1H3,(H2,20,21,22,23). The number of ether oxygens (including phenoxy) is 1. The molecule has 3 amide bonds. The molecule has 6 nitrogen and oxygen atoms in total. The molecule has 0 radical (unpaired) electrons. The van der Waals surface area contributed by atoms with Crippen LogP contribution in [-0.4, -0.2) is 25.1 Å². The number of hydrogen-bond acceptors (Lipinski definition) is 4. The number of urea groups is 1. The average Bonchev–Trinajstić information content (AvgIpc) is 2.56. The van der Waals surface area contributed by atoms with E-state index in [4.69, 9.17) is 10.5 Å². The zero-order chi connectivity index (χ0) is 17.4. The van der Waals surface area contributed by atoms with E-state index < -0.39 is 11.9 Å². The van der Waals surface area contributed by atoms with Gasteiger partial charge >= 0.3 is 6.03 Å². The summed E-state index contributed by atoms with van der Waals surface area (Å²) in [6.45, 7) is 2.90. The molecule has 6 heteroatoms. The van der Waals surface area contributed by atoms with Crippen LogP contribution >= 0.6 is 0 Å². The van der Waals surface area contributed by atoms with Gasteiger partial charge in [0.05, 0.1) is 6.61 Å². The number of benzene rings is 2. The molecule has 0 spiro atoms. The van der Waals surface area contributed by atoms with E-state index in [0.717, 1.165) is 5.75 Å². The molecule has 0 fully saturated rings. The molecule has 0 aliphatic rings. The lowest BCUT2D eigenvalue weighted by Crippen LogP contribution is -2.40. The maximum absolute atomic E-state index is 11.8. The Morgan fingerprint density at radius 2 is 1.71 bits per heavy atom. The third-order valence-electron chi connectivity index (χ3n) is 3.30. The van der Waals surface area contributed by atoms with Crippen molar-refractivity contribution < 1.29 is 14.3 Å². The number of aryl methyl sites for hydroxylation is 1. The van der Waals surface area contributed by atoms with Crippen molar-refractivity contribution in [1.29, 1.82) is 0 Å². The first-order chi connectivity index (χ1) is 11.5. The molecule has 0 aliphatic carbocycles. The Balaban J connectivity index is 1.63. The van der Waals surface area contributed by atoms with Gasteiger partial charge in [0, 0.05) is 17.8 Å². The summed E-state index contributed by atoms with van der Waals surface area (Å²) in [4.78, 5) is 23.5. The molecule has 0 aliphatic heterocycles. The van der Waals surface area contributed by atoms with Gasteiger partial charge in [0.15, 0.2) is 0 Å². The summed E-state index contributed by atoms with van der Waals surface area (Å²) in [6, 6.07) is 13.6. The average molecular weight is 327 g/mol. The molecule has 126 valence electrons. The normalized spacial score (nSPS) is 10.0. The molecule has 2 aromatic rings. The van der Waals surface area contributed by atoms with Gasteiger partial charge in [0.25, 0.3) is 5.91 Å². The smallest absolute Gasteiger partial charge is 0.321 e. The van der Waals surface area contributed by atoms with Crippen LogP contribution in [0.4, 0.5) is 10.5 Å². The van der Waals surface area contributed by atoms with Crippen molar-refractivity contribution >= 4 is 17.6 Å². The van der Waals surface area contributed by atoms with Gasteiger partial charge in [-0.05, 0) is 49.7 Å². The molecule has 0 bridgehead atoms. The Kier molecular flexibility index (Phi) is 6.19. The second kappa shape index (κ2) is 8.57. The molecule has 0 unspecified atom stereocenters. The van der Waals surface area contributed by atoms with Crippen LogP contribution in [0.5, 0.6) is 5.75 Å². The number of imide groups is 1. The van der Waals surface area contributed by atoms with Crippen molar-refractivity contribution in [3.63, 3.8) is 0 Å². The highest BCUT2D eigenvalue weighted by Gasteiger charge is 2.09. The monoisotopic (exact) mass is 327 g/mol. The lowest BCUT2D eigenvalue weighted by atomic mass is 10.2. The molecule has 2 rings (SSSR count). The second-order valence-corrected chi connectivity index (χ2v) is 5.35. The Morgan fingerprint density at radius 3 is 2.38 bits per heavy atom. The fourth-order valence-electron chi connectivity index (χ4n) is 1.95. The minimum absolute atomic E-state index is 0.377. The molecular formula is C18H21N3O3.